The van der Waals surface area contributed by atoms with Crippen molar-refractivity contribution in [3.63, 3.8) is 0 Å². The van der Waals surface area contributed by atoms with Crippen LogP contribution in [0.2, 0.25) is 0 Å². The van der Waals surface area contributed by atoms with Gasteiger partial charge in [0.15, 0.2) is 11.5 Å². The minimum Gasteiger partial charge on any atom is -0.493 e. The number of ether oxygens (including phenoxy) is 2. The Morgan fingerprint density at radius 2 is 1.36 bits per heavy atom. The molecule has 0 bridgehead atoms. The molecule has 0 radical (unpaired) electrons. The number of carboxylic acids is 2. The molecule has 1 aliphatic rings. The number of methoxy groups -OCH3 is 2. The molecule has 7 heteroatoms. The van der Waals surface area contributed by atoms with Crippen LogP contribution in [-0.4, -0.2) is 61.4 Å². The van der Waals surface area contributed by atoms with Crippen molar-refractivity contribution in [1.82, 2.24) is 4.90 Å². The van der Waals surface area contributed by atoms with Crippen LogP contribution in [0, 0.1) is 0 Å². The van der Waals surface area contributed by atoms with Gasteiger partial charge in [0.2, 0.25) is 0 Å². The number of aliphatic carboxylic acids is 2. The molecule has 0 spiro atoms. The first-order valence-electron chi connectivity index (χ1n) is 11.9. The summed E-state index contributed by atoms with van der Waals surface area (Å²) < 4.78 is 10.8. The van der Waals surface area contributed by atoms with Gasteiger partial charge in [0.25, 0.3) is 0 Å². The summed E-state index contributed by atoms with van der Waals surface area (Å²) in [6.45, 7) is 2.14. The number of carbonyl (C=O) groups is 2. The number of benzene rings is 3. The summed E-state index contributed by atoms with van der Waals surface area (Å²) in [6.07, 6.45) is 3.39. The lowest BCUT2D eigenvalue weighted by atomic mass is 9.92. The third-order valence-corrected chi connectivity index (χ3v) is 6.41. The van der Waals surface area contributed by atoms with Crippen molar-refractivity contribution in [2.24, 2.45) is 0 Å². The summed E-state index contributed by atoms with van der Waals surface area (Å²) in [6, 6.07) is 24.0. The van der Waals surface area contributed by atoms with Crippen molar-refractivity contribution < 1.29 is 29.3 Å². The normalized spacial score (nSPS) is 11.8. The first kappa shape index (κ1) is 26.8. The molecule has 0 aromatic heterocycles. The Morgan fingerprint density at radius 1 is 0.806 bits per heavy atom. The van der Waals surface area contributed by atoms with Crippen molar-refractivity contribution in [3.05, 3.63) is 83.4 Å². The highest BCUT2D eigenvalue weighted by Crippen LogP contribution is 2.46. The standard InChI is InChI=1S/C27H31NO2.C2H2O4/c1-28(18-16-20-14-15-26(29-2)27(19-20)30-3)17-8-13-25-23-11-6-4-9-21(23)22-10-5-7-12-24(22)25;3-1(4)2(5)6/h4-7,9-12,14-15,19,25H,8,13,16-18H2,1-3H3;(H,3,4)(H,5,6). The van der Waals surface area contributed by atoms with E-state index < -0.39 is 11.9 Å². The first-order chi connectivity index (χ1) is 17.3. The van der Waals surface area contributed by atoms with Crippen molar-refractivity contribution in [2.75, 3.05) is 34.4 Å². The van der Waals surface area contributed by atoms with Gasteiger partial charge in [0.1, 0.15) is 0 Å². The summed E-state index contributed by atoms with van der Waals surface area (Å²) in [4.78, 5) is 20.6. The van der Waals surface area contributed by atoms with Crippen molar-refractivity contribution in [1.29, 1.82) is 0 Å². The maximum Gasteiger partial charge on any atom is 0.414 e. The zero-order valence-electron chi connectivity index (χ0n) is 20.9. The third kappa shape index (κ3) is 6.64. The summed E-state index contributed by atoms with van der Waals surface area (Å²) in [5.41, 5.74) is 7.09. The van der Waals surface area contributed by atoms with Crippen molar-refractivity contribution in [3.8, 4) is 22.6 Å². The summed E-state index contributed by atoms with van der Waals surface area (Å²) in [7, 11) is 5.58. The summed E-state index contributed by atoms with van der Waals surface area (Å²) >= 11 is 0. The van der Waals surface area contributed by atoms with E-state index in [4.69, 9.17) is 29.3 Å². The predicted octanol–water partition coefficient (Wildman–Crippen LogP) is 4.93. The second-order valence-corrected chi connectivity index (χ2v) is 8.72. The van der Waals surface area contributed by atoms with E-state index in [1.807, 2.05) is 6.07 Å². The molecule has 0 unspecified atom stereocenters. The second kappa shape index (κ2) is 12.7. The van der Waals surface area contributed by atoms with Gasteiger partial charge < -0.3 is 24.6 Å². The Morgan fingerprint density at radius 3 is 1.89 bits per heavy atom. The minimum absolute atomic E-state index is 0.525. The van der Waals surface area contributed by atoms with Gasteiger partial charge in [-0.25, -0.2) is 9.59 Å². The Kier molecular flexibility index (Phi) is 9.47. The zero-order chi connectivity index (χ0) is 26.1. The largest absolute Gasteiger partial charge is 0.493 e. The lowest BCUT2D eigenvalue weighted by Gasteiger charge is -2.19. The SMILES string of the molecule is COc1ccc(CCN(C)CCCC2c3ccccc3-c3ccccc32)cc1OC.O=C(O)C(=O)O. The highest BCUT2D eigenvalue weighted by Gasteiger charge is 2.27. The van der Waals surface area contributed by atoms with Gasteiger partial charge in [0.05, 0.1) is 14.2 Å². The van der Waals surface area contributed by atoms with Crippen LogP contribution >= 0.6 is 0 Å². The minimum atomic E-state index is -1.82. The number of hydrogen-bond donors (Lipinski definition) is 2. The van der Waals surface area contributed by atoms with E-state index in [2.05, 4.69) is 72.6 Å². The number of nitrogens with zero attached hydrogens (tertiary/aromatic N) is 1. The fraction of sp³-hybridized carbons (Fsp3) is 0.310. The van der Waals surface area contributed by atoms with E-state index in [0.717, 1.165) is 31.0 Å². The summed E-state index contributed by atoms with van der Waals surface area (Å²) in [5, 5.41) is 14.8. The molecule has 0 amide bonds. The van der Waals surface area contributed by atoms with Crippen LogP contribution in [0.5, 0.6) is 11.5 Å². The van der Waals surface area contributed by atoms with Gasteiger partial charge in [-0.1, -0.05) is 54.6 Å². The molecule has 3 aromatic rings. The molecule has 0 saturated carbocycles. The predicted molar refractivity (Wildman–Crippen MR) is 139 cm³/mol. The average molecular weight is 492 g/mol. The van der Waals surface area contributed by atoms with Gasteiger partial charge in [0, 0.05) is 12.5 Å². The van der Waals surface area contributed by atoms with Gasteiger partial charge in [-0.3, -0.25) is 0 Å². The maximum absolute atomic E-state index is 9.10. The van der Waals surface area contributed by atoms with Crippen LogP contribution in [0.25, 0.3) is 11.1 Å². The average Bonchev–Trinajstić information content (AvgIpc) is 3.21. The van der Waals surface area contributed by atoms with Gasteiger partial charge >= 0.3 is 11.9 Å². The molecule has 0 fully saturated rings. The van der Waals surface area contributed by atoms with E-state index in [0.29, 0.717) is 5.92 Å². The number of rotatable bonds is 9. The van der Waals surface area contributed by atoms with Gasteiger partial charge in [-0.2, -0.15) is 0 Å². The van der Waals surface area contributed by atoms with Crippen LogP contribution < -0.4 is 9.47 Å². The Balaban J connectivity index is 0.000000538. The van der Waals surface area contributed by atoms with Crippen LogP contribution in [0.15, 0.2) is 66.7 Å². The molecule has 0 aliphatic heterocycles. The number of likely N-dealkylation sites (N-methyl/N-ethyl adjacent to an activating group) is 1. The Hall–Kier alpha value is -3.84. The summed E-state index contributed by atoms with van der Waals surface area (Å²) in [5.74, 6) is -1.54. The fourth-order valence-electron chi connectivity index (χ4n) is 4.60. The van der Waals surface area contributed by atoms with Gasteiger partial charge in [-0.05, 0) is 72.8 Å². The van der Waals surface area contributed by atoms with E-state index >= 15 is 0 Å². The second-order valence-electron chi connectivity index (χ2n) is 8.72. The maximum atomic E-state index is 9.10. The number of fused-ring (bicyclic) bond motifs is 3. The quantitative estimate of drug-likeness (QED) is 0.410. The lowest BCUT2D eigenvalue weighted by molar-refractivity contribution is -0.159. The van der Waals surface area contributed by atoms with Crippen LogP contribution in [-0.2, 0) is 16.0 Å². The molecule has 2 N–H and O–H groups in total. The van der Waals surface area contributed by atoms with E-state index in [-0.39, 0.29) is 0 Å². The molecular formula is C29H33NO6. The van der Waals surface area contributed by atoms with E-state index in [9.17, 15) is 0 Å². The lowest BCUT2D eigenvalue weighted by Crippen LogP contribution is -2.22. The van der Waals surface area contributed by atoms with Crippen molar-refractivity contribution in [2.45, 2.75) is 25.2 Å². The third-order valence-electron chi connectivity index (χ3n) is 6.41. The highest BCUT2D eigenvalue weighted by molar-refractivity contribution is 6.27. The molecule has 0 heterocycles. The number of hydrogen-bond acceptors (Lipinski definition) is 5. The topological polar surface area (TPSA) is 96.3 Å². The molecule has 190 valence electrons. The molecule has 3 aromatic carbocycles. The van der Waals surface area contributed by atoms with Gasteiger partial charge in [-0.15, -0.1) is 0 Å². The Bertz CT molecular complexity index is 1130. The highest BCUT2D eigenvalue weighted by atomic mass is 16.5. The molecule has 0 saturated heterocycles. The first-order valence-corrected chi connectivity index (χ1v) is 11.9. The molecule has 4 rings (SSSR count). The number of carboxylic acid groups (broad SMARTS) is 2. The molecule has 0 atom stereocenters. The zero-order valence-corrected chi connectivity index (χ0v) is 20.9. The fourth-order valence-corrected chi connectivity index (χ4v) is 4.60. The molecule has 7 nitrogen and oxygen atoms in total. The molecular weight excluding hydrogens is 458 g/mol. The van der Waals surface area contributed by atoms with E-state index in [1.54, 1.807) is 14.2 Å². The van der Waals surface area contributed by atoms with Crippen molar-refractivity contribution >= 4 is 11.9 Å². The molecule has 1 aliphatic carbocycles. The van der Waals surface area contributed by atoms with E-state index in [1.165, 1.54) is 40.7 Å². The van der Waals surface area contributed by atoms with Crippen LogP contribution in [0.3, 0.4) is 0 Å². The molecule has 36 heavy (non-hydrogen) atoms. The smallest absolute Gasteiger partial charge is 0.414 e. The monoisotopic (exact) mass is 491 g/mol. The Labute approximate surface area is 211 Å². The van der Waals surface area contributed by atoms with Crippen LogP contribution in [0.1, 0.15) is 35.4 Å². The van der Waals surface area contributed by atoms with Crippen LogP contribution in [0.4, 0.5) is 0 Å².